The Morgan fingerprint density at radius 1 is 1.16 bits per heavy atom. The van der Waals surface area contributed by atoms with Crippen molar-refractivity contribution in [2.75, 3.05) is 31.3 Å². The molecule has 176 valence electrons. The molecule has 0 unspecified atom stereocenters. The van der Waals surface area contributed by atoms with Gasteiger partial charge in [-0.1, -0.05) is 11.6 Å². The van der Waals surface area contributed by atoms with Gasteiger partial charge in [0, 0.05) is 22.6 Å². The van der Waals surface area contributed by atoms with E-state index in [0.717, 1.165) is 7.11 Å². The van der Waals surface area contributed by atoms with Crippen LogP contribution in [0.5, 0.6) is 0 Å². The van der Waals surface area contributed by atoms with Crippen LogP contribution < -0.4 is 4.90 Å². The van der Waals surface area contributed by atoms with Crippen molar-refractivity contribution in [1.82, 2.24) is 0 Å². The Bertz CT molecular complexity index is 931. The lowest BCUT2D eigenvalue weighted by Crippen LogP contribution is -2.40. The summed E-state index contributed by atoms with van der Waals surface area (Å²) in [4.78, 5) is 50.6. The van der Waals surface area contributed by atoms with Gasteiger partial charge >= 0.3 is 11.9 Å². The van der Waals surface area contributed by atoms with Crippen molar-refractivity contribution in [3.05, 3.63) is 26.2 Å². The topological polar surface area (TPSA) is 99.2 Å². The summed E-state index contributed by atoms with van der Waals surface area (Å²) in [5.41, 5.74) is -0.395. The first kappa shape index (κ1) is 26.2. The van der Waals surface area contributed by atoms with Crippen molar-refractivity contribution in [3.8, 4) is 0 Å². The maximum absolute atomic E-state index is 14.8. The van der Waals surface area contributed by atoms with Gasteiger partial charge in [-0.2, -0.15) is 4.39 Å². The predicted molar refractivity (Wildman–Crippen MR) is 116 cm³/mol. The van der Waals surface area contributed by atoms with E-state index in [0.29, 0.717) is 35.7 Å². The number of esters is 2. The Hall–Kier alpha value is -2.01. The molecule has 2 amide bonds. The molecule has 8 nitrogen and oxygen atoms in total. The van der Waals surface area contributed by atoms with Crippen LogP contribution in [0.1, 0.15) is 37.5 Å². The van der Waals surface area contributed by atoms with Crippen LogP contribution in [-0.4, -0.2) is 50.1 Å². The Morgan fingerprint density at radius 2 is 1.81 bits per heavy atom. The molecule has 1 heterocycles. The lowest BCUT2D eigenvalue weighted by atomic mass is 9.90. The molecule has 0 aromatic carbocycles. The SMILES string of the molecule is CCOCOC(=O)C1=C(C(=O)N(C(=O)CCl)c2c(F)sc(CC(=O)OC)c2Cl)CCCC1. The number of thiophene rings is 1. The second-order valence-corrected chi connectivity index (χ2v) is 8.29. The number of nitrogens with zero attached hydrogens (tertiary/aromatic N) is 1. The zero-order chi connectivity index (χ0) is 23.8. The van der Waals surface area contributed by atoms with E-state index in [-0.39, 0.29) is 47.1 Å². The standard InChI is InChI=1S/C20H22Cl2FNO7S/c1-3-30-10-31-20(28)12-7-5-4-6-11(12)19(27)24(14(25)9-21)17-16(22)13(32-18(17)23)8-15(26)29-2/h3-10H2,1-2H3. The van der Waals surface area contributed by atoms with Crippen LogP contribution in [0.4, 0.5) is 10.1 Å². The van der Waals surface area contributed by atoms with E-state index in [4.69, 9.17) is 32.7 Å². The highest BCUT2D eigenvalue weighted by Gasteiger charge is 2.36. The van der Waals surface area contributed by atoms with Crippen molar-refractivity contribution in [1.29, 1.82) is 0 Å². The summed E-state index contributed by atoms with van der Waals surface area (Å²) in [5.74, 6) is -3.90. The monoisotopic (exact) mass is 509 g/mol. The van der Waals surface area contributed by atoms with E-state index >= 15 is 0 Å². The number of amides is 2. The zero-order valence-corrected chi connectivity index (χ0v) is 19.8. The summed E-state index contributed by atoms with van der Waals surface area (Å²) < 4.78 is 29.4. The lowest BCUT2D eigenvalue weighted by molar-refractivity contribution is -0.151. The van der Waals surface area contributed by atoms with Crippen LogP contribution in [0, 0.1) is 5.13 Å². The molecule has 0 radical (unpaired) electrons. The predicted octanol–water partition coefficient (Wildman–Crippen LogP) is 3.76. The van der Waals surface area contributed by atoms with Gasteiger partial charge in [-0.3, -0.25) is 14.4 Å². The van der Waals surface area contributed by atoms with Crippen LogP contribution in [-0.2, 0) is 39.8 Å². The highest BCUT2D eigenvalue weighted by molar-refractivity contribution is 7.11. The molecule has 1 aliphatic rings. The Balaban J connectivity index is 2.49. The van der Waals surface area contributed by atoms with E-state index in [1.165, 1.54) is 0 Å². The van der Waals surface area contributed by atoms with Gasteiger partial charge in [-0.15, -0.1) is 22.9 Å². The number of ether oxygens (including phenoxy) is 3. The van der Waals surface area contributed by atoms with Gasteiger partial charge < -0.3 is 14.2 Å². The number of halogens is 3. The summed E-state index contributed by atoms with van der Waals surface area (Å²) in [7, 11) is 1.16. The molecule has 1 aliphatic carbocycles. The summed E-state index contributed by atoms with van der Waals surface area (Å²) in [6, 6.07) is 0. The van der Waals surface area contributed by atoms with Crippen LogP contribution >= 0.6 is 34.5 Å². The molecule has 0 saturated carbocycles. The average Bonchev–Trinajstić information content (AvgIpc) is 3.06. The van der Waals surface area contributed by atoms with Gasteiger partial charge in [-0.25, -0.2) is 9.69 Å². The number of hydrogen-bond donors (Lipinski definition) is 0. The molecule has 1 aromatic heterocycles. The fourth-order valence-corrected chi connectivity index (χ4v) is 4.50. The molecule has 0 spiro atoms. The van der Waals surface area contributed by atoms with Crippen molar-refractivity contribution in [2.24, 2.45) is 0 Å². The number of carbonyl (C=O) groups excluding carboxylic acids is 4. The van der Waals surface area contributed by atoms with Gasteiger partial charge in [0.05, 0.1) is 18.6 Å². The van der Waals surface area contributed by atoms with Gasteiger partial charge in [0.2, 0.25) is 11.0 Å². The van der Waals surface area contributed by atoms with Crippen LogP contribution in [0.3, 0.4) is 0 Å². The summed E-state index contributed by atoms with van der Waals surface area (Å²) in [6.07, 6.45) is 1.31. The minimum Gasteiger partial charge on any atom is -0.469 e. The molecule has 32 heavy (non-hydrogen) atoms. The smallest absolute Gasteiger partial charge is 0.336 e. The third-order valence-electron chi connectivity index (χ3n) is 4.62. The lowest BCUT2D eigenvalue weighted by Gasteiger charge is -2.25. The molecular weight excluding hydrogens is 488 g/mol. The number of anilines is 1. The molecule has 0 aliphatic heterocycles. The first-order chi connectivity index (χ1) is 15.3. The molecular formula is C20H22Cl2FNO7S. The summed E-state index contributed by atoms with van der Waals surface area (Å²) >= 11 is 12.4. The van der Waals surface area contributed by atoms with Gasteiger partial charge in [0.1, 0.15) is 11.6 Å². The molecule has 0 N–H and O–H groups in total. The number of imide groups is 1. The van der Waals surface area contributed by atoms with Crippen LogP contribution in [0.2, 0.25) is 5.02 Å². The highest BCUT2D eigenvalue weighted by Crippen LogP contribution is 2.41. The number of methoxy groups -OCH3 is 1. The largest absolute Gasteiger partial charge is 0.469 e. The molecule has 2 rings (SSSR count). The number of rotatable bonds is 9. The molecule has 0 saturated heterocycles. The van der Waals surface area contributed by atoms with Gasteiger partial charge in [0.25, 0.3) is 5.91 Å². The zero-order valence-electron chi connectivity index (χ0n) is 17.5. The Labute approximate surface area is 198 Å². The third-order valence-corrected chi connectivity index (χ3v) is 6.34. The minimum absolute atomic E-state index is 0.0207. The van der Waals surface area contributed by atoms with Crippen molar-refractivity contribution < 1.29 is 37.8 Å². The Kier molecular flexibility index (Phi) is 10.1. The fraction of sp³-hybridized carbons (Fsp3) is 0.500. The maximum Gasteiger partial charge on any atom is 0.336 e. The van der Waals surface area contributed by atoms with E-state index < -0.39 is 40.5 Å². The van der Waals surface area contributed by atoms with Crippen LogP contribution in [0.25, 0.3) is 0 Å². The second-order valence-electron chi connectivity index (χ2n) is 6.59. The van der Waals surface area contributed by atoms with Crippen LogP contribution in [0.15, 0.2) is 11.1 Å². The van der Waals surface area contributed by atoms with Crippen molar-refractivity contribution >= 4 is 64.0 Å². The Morgan fingerprint density at radius 3 is 2.41 bits per heavy atom. The van der Waals surface area contributed by atoms with E-state index in [1.54, 1.807) is 6.92 Å². The first-order valence-corrected chi connectivity index (χ1v) is 11.4. The van der Waals surface area contributed by atoms with E-state index in [9.17, 15) is 23.6 Å². The molecule has 0 bridgehead atoms. The normalized spacial score (nSPS) is 13.7. The molecule has 12 heteroatoms. The minimum atomic E-state index is -0.947. The number of carbonyl (C=O) groups is 4. The highest BCUT2D eigenvalue weighted by atomic mass is 35.5. The maximum atomic E-state index is 14.8. The molecule has 0 atom stereocenters. The van der Waals surface area contributed by atoms with E-state index in [2.05, 4.69) is 4.74 Å². The van der Waals surface area contributed by atoms with Gasteiger partial charge in [0.15, 0.2) is 6.79 Å². The number of alkyl halides is 1. The second kappa shape index (κ2) is 12.3. The fourth-order valence-electron chi connectivity index (χ4n) is 3.09. The number of hydrogen-bond acceptors (Lipinski definition) is 8. The van der Waals surface area contributed by atoms with E-state index in [1.807, 2.05) is 0 Å². The molecule has 1 aromatic rings. The van der Waals surface area contributed by atoms with Crippen molar-refractivity contribution in [3.63, 3.8) is 0 Å². The van der Waals surface area contributed by atoms with Gasteiger partial charge in [-0.05, 0) is 32.6 Å². The quantitative estimate of drug-likeness (QED) is 0.216. The summed E-state index contributed by atoms with van der Waals surface area (Å²) in [5, 5.41) is -1.22. The first-order valence-electron chi connectivity index (χ1n) is 9.70. The average molecular weight is 510 g/mol. The third kappa shape index (κ3) is 6.06. The van der Waals surface area contributed by atoms with Crippen molar-refractivity contribution in [2.45, 2.75) is 39.0 Å². The molecule has 0 fully saturated rings. The summed E-state index contributed by atoms with van der Waals surface area (Å²) in [6.45, 7) is 1.78.